The highest BCUT2D eigenvalue weighted by atomic mass is 15.4. The van der Waals surface area contributed by atoms with E-state index in [2.05, 4.69) is 107 Å². The van der Waals surface area contributed by atoms with E-state index in [1.165, 1.54) is 21.8 Å². The maximum Gasteiger partial charge on any atom is 0.158 e. The normalized spacial score (nSPS) is 13.2. The maximum atomic E-state index is 4.71. The van der Waals surface area contributed by atoms with Crippen molar-refractivity contribution in [1.82, 2.24) is 19.3 Å². The topological polar surface area (TPSA) is 42.1 Å². The number of para-hydroxylation sites is 1. The molecule has 3 aromatic heterocycles. The zero-order valence-electron chi connectivity index (χ0n) is 20.6. The number of hydrogen-bond donors (Lipinski definition) is 0. The van der Waals surface area contributed by atoms with Crippen LogP contribution in [0.4, 0.5) is 17.2 Å². The summed E-state index contributed by atoms with van der Waals surface area (Å²) in [5.41, 5.74) is 8.95. The smallest absolute Gasteiger partial charge is 0.158 e. The summed E-state index contributed by atoms with van der Waals surface area (Å²) in [6.45, 7) is 4.90. The SMILES string of the molecule is Cc1cc(C)n(-c2cccc(-n3c4ccccc4c4ccc(N5CN(C)c6cccnc65)cc43)c2)n1. The van der Waals surface area contributed by atoms with E-state index in [9.17, 15) is 0 Å². The molecule has 0 saturated heterocycles. The van der Waals surface area contributed by atoms with Gasteiger partial charge in [-0.2, -0.15) is 5.10 Å². The Hall–Kier alpha value is -4.58. The van der Waals surface area contributed by atoms with E-state index in [1.807, 2.05) is 23.9 Å². The third-order valence-corrected chi connectivity index (χ3v) is 7.10. The molecule has 36 heavy (non-hydrogen) atoms. The van der Waals surface area contributed by atoms with Crippen molar-refractivity contribution in [3.63, 3.8) is 0 Å². The van der Waals surface area contributed by atoms with Gasteiger partial charge in [-0.05, 0) is 68.4 Å². The fraction of sp³-hybridized carbons (Fsp3) is 0.133. The highest BCUT2D eigenvalue weighted by Gasteiger charge is 2.26. The molecular formula is C30H26N6. The Kier molecular flexibility index (Phi) is 4.45. The lowest BCUT2D eigenvalue weighted by Gasteiger charge is -2.19. The molecule has 0 amide bonds. The molecule has 0 unspecified atom stereocenters. The minimum atomic E-state index is 0.769. The van der Waals surface area contributed by atoms with Gasteiger partial charge in [-0.1, -0.05) is 30.3 Å². The van der Waals surface area contributed by atoms with Gasteiger partial charge in [-0.3, -0.25) is 0 Å². The van der Waals surface area contributed by atoms with Gasteiger partial charge in [-0.15, -0.1) is 0 Å². The van der Waals surface area contributed by atoms with Crippen LogP contribution in [0.2, 0.25) is 0 Å². The molecule has 4 heterocycles. The van der Waals surface area contributed by atoms with Crippen LogP contribution < -0.4 is 9.80 Å². The van der Waals surface area contributed by atoms with Crippen LogP contribution in [-0.2, 0) is 0 Å². The third-order valence-electron chi connectivity index (χ3n) is 7.10. The Labute approximate surface area is 209 Å². The zero-order valence-corrected chi connectivity index (χ0v) is 20.6. The molecule has 3 aromatic carbocycles. The Morgan fingerprint density at radius 1 is 0.722 bits per heavy atom. The van der Waals surface area contributed by atoms with E-state index in [-0.39, 0.29) is 0 Å². The summed E-state index contributed by atoms with van der Waals surface area (Å²) in [5.74, 6) is 0.994. The van der Waals surface area contributed by atoms with Crippen LogP contribution in [0.5, 0.6) is 0 Å². The van der Waals surface area contributed by atoms with Crippen LogP contribution in [0.25, 0.3) is 33.2 Å². The lowest BCUT2D eigenvalue weighted by molar-refractivity contribution is 0.832. The summed E-state index contributed by atoms with van der Waals surface area (Å²) in [6.07, 6.45) is 1.87. The minimum Gasteiger partial charge on any atom is -0.354 e. The van der Waals surface area contributed by atoms with Gasteiger partial charge in [0.15, 0.2) is 5.82 Å². The first-order chi connectivity index (χ1) is 17.6. The lowest BCUT2D eigenvalue weighted by Crippen LogP contribution is -2.24. The molecule has 0 saturated carbocycles. The van der Waals surface area contributed by atoms with Crippen LogP contribution in [0.15, 0.2) is 91.1 Å². The summed E-state index contributed by atoms with van der Waals surface area (Å²) >= 11 is 0. The maximum absolute atomic E-state index is 4.71. The van der Waals surface area contributed by atoms with Crippen molar-refractivity contribution in [2.24, 2.45) is 0 Å². The molecule has 7 rings (SSSR count). The molecule has 0 aliphatic carbocycles. The van der Waals surface area contributed by atoms with Gasteiger partial charge in [0, 0.05) is 41.1 Å². The average molecular weight is 471 g/mol. The second-order valence-corrected chi connectivity index (χ2v) is 9.53. The summed E-state index contributed by atoms with van der Waals surface area (Å²) in [6, 6.07) is 30.2. The Bertz CT molecular complexity index is 1780. The van der Waals surface area contributed by atoms with Crippen LogP contribution in [-0.4, -0.2) is 33.0 Å². The van der Waals surface area contributed by atoms with Crippen molar-refractivity contribution >= 4 is 39.0 Å². The van der Waals surface area contributed by atoms with Crippen LogP contribution in [0.1, 0.15) is 11.4 Å². The molecule has 0 fully saturated rings. The fourth-order valence-corrected chi connectivity index (χ4v) is 5.51. The highest BCUT2D eigenvalue weighted by molar-refractivity contribution is 6.10. The molecule has 176 valence electrons. The van der Waals surface area contributed by atoms with E-state index < -0.39 is 0 Å². The molecule has 1 aliphatic heterocycles. The second kappa shape index (κ2) is 7.71. The first kappa shape index (κ1) is 20.8. The first-order valence-corrected chi connectivity index (χ1v) is 12.2. The van der Waals surface area contributed by atoms with Gasteiger partial charge in [0.05, 0.1) is 34.8 Å². The Morgan fingerprint density at radius 3 is 2.42 bits per heavy atom. The van der Waals surface area contributed by atoms with Gasteiger partial charge < -0.3 is 14.4 Å². The molecule has 0 N–H and O–H groups in total. The molecule has 6 aromatic rings. The van der Waals surface area contributed by atoms with Crippen molar-refractivity contribution < 1.29 is 0 Å². The van der Waals surface area contributed by atoms with Crippen molar-refractivity contribution in [2.75, 3.05) is 23.5 Å². The number of anilines is 3. The monoisotopic (exact) mass is 470 g/mol. The van der Waals surface area contributed by atoms with Gasteiger partial charge in [0.25, 0.3) is 0 Å². The largest absolute Gasteiger partial charge is 0.354 e. The third kappa shape index (κ3) is 3.04. The molecular weight excluding hydrogens is 444 g/mol. The van der Waals surface area contributed by atoms with Crippen molar-refractivity contribution in [3.8, 4) is 11.4 Å². The summed E-state index contributed by atoms with van der Waals surface area (Å²) < 4.78 is 4.38. The van der Waals surface area contributed by atoms with Crippen LogP contribution >= 0.6 is 0 Å². The molecule has 0 atom stereocenters. The molecule has 0 radical (unpaired) electrons. The van der Waals surface area contributed by atoms with E-state index in [0.717, 1.165) is 46.6 Å². The Morgan fingerprint density at radius 2 is 1.56 bits per heavy atom. The first-order valence-electron chi connectivity index (χ1n) is 12.2. The number of aromatic nitrogens is 4. The molecule has 6 nitrogen and oxygen atoms in total. The predicted molar refractivity (Wildman–Crippen MR) is 147 cm³/mol. The van der Waals surface area contributed by atoms with Gasteiger partial charge in [-0.25, -0.2) is 9.67 Å². The summed E-state index contributed by atoms with van der Waals surface area (Å²) in [5, 5.41) is 7.19. The molecule has 1 aliphatic rings. The van der Waals surface area contributed by atoms with Crippen molar-refractivity contribution in [3.05, 3.63) is 103 Å². The standard InChI is InChI=1S/C30H26N6/c1-20-16-21(2)36(32-20)24-9-6-8-23(17-24)35-27-11-5-4-10-25(27)26-14-13-22(18-29(26)35)34-19-33(3)28-12-7-15-31-30(28)34/h4-18H,19H2,1-3H3. The fourth-order valence-electron chi connectivity index (χ4n) is 5.51. The average Bonchev–Trinajstić information content (AvgIpc) is 3.54. The number of aryl methyl sites for hydroxylation is 2. The van der Waals surface area contributed by atoms with E-state index in [1.54, 1.807) is 0 Å². The Balaban J connectivity index is 1.45. The summed E-state index contributed by atoms with van der Waals surface area (Å²) in [7, 11) is 2.11. The number of fused-ring (bicyclic) bond motifs is 4. The summed E-state index contributed by atoms with van der Waals surface area (Å²) in [4.78, 5) is 9.21. The van der Waals surface area contributed by atoms with E-state index >= 15 is 0 Å². The lowest BCUT2D eigenvalue weighted by atomic mass is 10.1. The molecule has 0 bridgehead atoms. The number of hydrogen-bond acceptors (Lipinski definition) is 4. The van der Waals surface area contributed by atoms with Crippen LogP contribution in [0.3, 0.4) is 0 Å². The van der Waals surface area contributed by atoms with Gasteiger partial charge >= 0.3 is 0 Å². The quantitative estimate of drug-likeness (QED) is 0.295. The van der Waals surface area contributed by atoms with Gasteiger partial charge in [0.2, 0.25) is 0 Å². The van der Waals surface area contributed by atoms with E-state index in [0.29, 0.717) is 0 Å². The van der Waals surface area contributed by atoms with Crippen LogP contribution in [0, 0.1) is 13.8 Å². The highest BCUT2D eigenvalue weighted by Crippen LogP contribution is 2.40. The number of benzene rings is 3. The van der Waals surface area contributed by atoms with Crippen molar-refractivity contribution in [2.45, 2.75) is 13.8 Å². The van der Waals surface area contributed by atoms with Crippen molar-refractivity contribution in [1.29, 1.82) is 0 Å². The number of nitrogens with zero attached hydrogens (tertiary/aromatic N) is 6. The van der Waals surface area contributed by atoms with Gasteiger partial charge in [0.1, 0.15) is 0 Å². The number of pyridine rings is 1. The van der Waals surface area contributed by atoms with E-state index in [4.69, 9.17) is 10.1 Å². The predicted octanol–water partition coefficient (Wildman–Crippen LogP) is 6.53. The second-order valence-electron chi connectivity index (χ2n) is 9.53. The minimum absolute atomic E-state index is 0.769. The zero-order chi connectivity index (χ0) is 24.4. The molecule has 0 spiro atoms. The number of rotatable bonds is 3. The molecule has 6 heteroatoms.